The summed E-state index contributed by atoms with van der Waals surface area (Å²) >= 11 is 0. The third kappa shape index (κ3) is 4.43. The lowest BCUT2D eigenvalue weighted by molar-refractivity contribution is -0.138. The van der Waals surface area contributed by atoms with E-state index in [2.05, 4.69) is 4.98 Å². The lowest BCUT2D eigenvalue weighted by atomic mass is 9.98. The minimum atomic E-state index is -4.77. The second kappa shape index (κ2) is 8.02. The van der Waals surface area contributed by atoms with Crippen molar-refractivity contribution in [3.05, 3.63) is 75.8 Å². The summed E-state index contributed by atoms with van der Waals surface area (Å²) in [5.41, 5.74) is -4.47. The van der Waals surface area contributed by atoms with E-state index in [1.54, 1.807) is 0 Å². The van der Waals surface area contributed by atoms with Crippen molar-refractivity contribution in [1.29, 1.82) is 0 Å². The largest absolute Gasteiger partial charge is 0.496 e. The molecule has 32 heavy (non-hydrogen) atoms. The third-order valence-electron chi connectivity index (χ3n) is 4.43. The molecule has 0 saturated heterocycles. The van der Waals surface area contributed by atoms with Crippen LogP contribution in [0, 0.1) is 0 Å². The van der Waals surface area contributed by atoms with Crippen LogP contribution >= 0.6 is 0 Å². The van der Waals surface area contributed by atoms with Gasteiger partial charge in [-0.3, -0.25) is 9.36 Å². The highest BCUT2D eigenvalue weighted by atomic mass is 19.4. The van der Waals surface area contributed by atoms with Crippen LogP contribution in [0.2, 0.25) is 0 Å². The van der Waals surface area contributed by atoms with Crippen molar-refractivity contribution in [2.24, 2.45) is 0 Å². The van der Waals surface area contributed by atoms with Crippen molar-refractivity contribution in [1.82, 2.24) is 9.55 Å². The van der Waals surface area contributed by atoms with E-state index in [1.807, 2.05) is 0 Å². The van der Waals surface area contributed by atoms with Gasteiger partial charge in [-0.15, -0.1) is 0 Å². The van der Waals surface area contributed by atoms with E-state index in [1.165, 1.54) is 0 Å². The monoisotopic (exact) mass is 458 g/mol. The Morgan fingerprint density at radius 2 is 1.59 bits per heavy atom. The topological polar surface area (TPSA) is 81.4 Å². The highest BCUT2D eigenvalue weighted by molar-refractivity contribution is 5.97. The first-order chi connectivity index (χ1) is 14.8. The molecule has 0 atom stereocenters. The van der Waals surface area contributed by atoms with Gasteiger partial charge in [0.05, 0.1) is 23.8 Å². The Hall–Kier alpha value is -3.83. The van der Waals surface area contributed by atoms with E-state index >= 15 is 0 Å². The predicted octanol–water partition coefficient (Wildman–Crippen LogP) is 4.64. The summed E-state index contributed by atoms with van der Waals surface area (Å²) in [5.74, 6) is -1.93. The molecule has 0 aliphatic rings. The number of rotatable bonds is 4. The number of halogens is 6. The molecule has 0 spiro atoms. The van der Waals surface area contributed by atoms with E-state index in [4.69, 9.17) is 4.74 Å². The van der Waals surface area contributed by atoms with Crippen LogP contribution in [0.4, 0.5) is 26.3 Å². The van der Waals surface area contributed by atoms with Crippen molar-refractivity contribution < 1.29 is 41.0 Å². The maximum atomic E-state index is 13.2. The Labute approximate surface area is 175 Å². The average molecular weight is 458 g/mol. The Bertz CT molecular complexity index is 1250. The van der Waals surface area contributed by atoms with Crippen molar-refractivity contribution in [3.63, 3.8) is 0 Å². The van der Waals surface area contributed by atoms with Crippen LogP contribution in [0.5, 0.6) is 5.75 Å². The average Bonchev–Trinajstić information content (AvgIpc) is 2.71. The van der Waals surface area contributed by atoms with Crippen molar-refractivity contribution >= 4 is 5.97 Å². The fraction of sp³-hybridized carbons (Fsp3) is 0.150. The second-order valence-corrected chi connectivity index (χ2v) is 6.43. The van der Waals surface area contributed by atoms with Gasteiger partial charge < -0.3 is 9.84 Å². The molecule has 0 aliphatic carbocycles. The third-order valence-corrected chi connectivity index (χ3v) is 4.43. The SMILES string of the molecule is COc1ccc(C(F)(F)F)cc1-c1cc(-n2ccc(C(F)(F)F)cc2=O)ncc1C(=O)O. The van der Waals surface area contributed by atoms with Gasteiger partial charge in [-0.1, -0.05) is 0 Å². The molecule has 2 heterocycles. The number of hydrogen-bond donors (Lipinski definition) is 1. The van der Waals surface area contributed by atoms with Crippen LogP contribution in [-0.2, 0) is 12.4 Å². The van der Waals surface area contributed by atoms with Crippen molar-refractivity contribution in [2.75, 3.05) is 7.11 Å². The lowest BCUT2D eigenvalue weighted by Gasteiger charge is -2.16. The number of alkyl halides is 6. The number of nitrogens with zero attached hydrogens (tertiary/aromatic N) is 2. The number of hydrogen-bond acceptors (Lipinski definition) is 4. The molecule has 0 bridgehead atoms. The van der Waals surface area contributed by atoms with E-state index < -0.39 is 40.6 Å². The molecule has 0 aliphatic heterocycles. The van der Waals surface area contributed by atoms with Gasteiger partial charge in [0.25, 0.3) is 5.56 Å². The number of aromatic carboxylic acids is 1. The molecule has 12 heteroatoms. The quantitative estimate of drug-likeness (QED) is 0.576. The van der Waals surface area contributed by atoms with E-state index in [0.29, 0.717) is 22.8 Å². The first-order valence-electron chi connectivity index (χ1n) is 8.62. The molecular formula is C20H12F6N2O4. The Morgan fingerprint density at radius 1 is 0.969 bits per heavy atom. The molecule has 0 radical (unpaired) electrons. The normalized spacial score (nSPS) is 12.0. The number of carbonyl (C=O) groups is 1. The van der Waals surface area contributed by atoms with E-state index in [-0.39, 0.29) is 22.7 Å². The minimum Gasteiger partial charge on any atom is -0.496 e. The first-order valence-corrected chi connectivity index (χ1v) is 8.62. The van der Waals surface area contributed by atoms with Crippen LogP contribution in [0.1, 0.15) is 21.5 Å². The Morgan fingerprint density at radius 3 is 2.12 bits per heavy atom. The van der Waals surface area contributed by atoms with Gasteiger partial charge in [0.1, 0.15) is 11.6 Å². The van der Waals surface area contributed by atoms with Crippen LogP contribution in [-0.4, -0.2) is 27.7 Å². The number of carboxylic acids is 1. The van der Waals surface area contributed by atoms with E-state index in [9.17, 15) is 41.0 Å². The number of benzene rings is 1. The van der Waals surface area contributed by atoms with Gasteiger partial charge in [0.2, 0.25) is 0 Å². The molecule has 1 N–H and O–H groups in total. The predicted molar refractivity (Wildman–Crippen MR) is 98.8 cm³/mol. The van der Waals surface area contributed by atoms with Crippen LogP contribution in [0.15, 0.2) is 53.6 Å². The molecule has 2 aromatic heterocycles. The number of carboxylic acid groups (broad SMARTS) is 1. The minimum absolute atomic E-state index is 0.0996. The summed E-state index contributed by atoms with van der Waals surface area (Å²) in [7, 11) is 1.16. The molecule has 3 aromatic rings. The zero-order valence-electron chi connectivity index (χ0n) is 16.0. The molecule has 0 saturated carbocycles. The molecule has 168 valence electrons. The maximum Gasteiger partial charge on any atom is 0.416 e. The Kier molecular flexibility index (Phi) is 5.73. The van der Waals surface area contributed by atoms with Gasteiger partial charge in [-0.25, -0.2) is 9.78 Å². The van der Waals surface area contributed by atoms with Crippen LogP contribution in [0.25, 0.3) is 16.9 Å². The number of pyridine rings is 2. The number of aromatic nitrogens is 2. The molecular weight excluding hydrogens is 446 g/mol. The molecule has 0 unspecified atom stereocenters. The fourth-order valence-electron chi connectivity index (χ4n) is 2.91. The van der Waals surface area contributed by atoms with Crippen molar-refractivity contribution in [3.8, 4) is 22.7 Å². The highest BCUT2D eigenvalue weighted by Gasteiger charge is 2.33. The summed E-state index contributed by atoms with van der Waals surface area (Å²) in [6, 6.07) is 4.31. The van der Waals surface area contributed by atoms with Gasteiger partial charge in [0.15, 0.2) is 0 Å². The van der Waals surface area contributed by atoms with Gasteiger partial charge >= 0.3 is 18.3 Å². The Balaban J connectivity index is 2.26. The van der Waals surface area contributed by atoms with Crippen LogP contribution in [0.3, 0.4) is 0 Å². The summed E-state index contributed by atoms with van der Waals surface area (Å²) in [6.07, 6.45) is -7.95. The van der Waals surface area contributed by atoms with Gasteiger partial charge in [-0.05, 0) is 30.3 Å². The molecule has 0 fully saturated rings. The molecule has 3 rings (SSSR count). The van der Waals surface area contributed by atoms with Gasteiger partial charge in [0, 0.05) is 29.6 Å². The smallest absolute Gasteiger partial charge is 0.416 e. The summed E-state index contributed by atoms with van der Waals surface area (Å²) in [4.78, 5) is 27.6. The standard InChI is InChI=1S/C20H12F6N2O4/c1-32-15-3-2-10(19(21,22)23)6-13(15)12-8-16(27-9-14(12)18(30)31)28-5-4-11(7-17(28)29)20(24,25)26/h2-9H,1H3,(H,30,31). The molecule has 0 amide bonds. The summed E-state index contributed by atoms with van der Waals surface area (Å²) < 4.78 is 83.8. The zero-order valence-corrected chi connectivity index (χ0v) is 16.0. The van der Waals surface area contributed by atoms with Crippen LogP contribution < -0.4 is 10.3 Å². The van der Waals surface area contributed by atoms with Crippen molar-refractivity contribution in [2.45, 2.75) is 12.4 Å². The molecule has 1 aromatic carbocycles. The first kappa shape index (κ1) is 22.8. The fourth-order valence-corrected chi connectivity index (χ4v) is 2.91. The zero-order chi connectivity index (χ0) is 23.8. The second-order valence-electron chi connectivity index (χ2n) is 6.43. The number of methoxy groups -OCH3 is 1. The maximum absolute atomic E-state index is 13.2. The molecule has 6 nitrogen and oxygen atoms in total. The lowest BCUT2D eigenvalue weighted by Crippen LogP contribution is -2.21. The summed E-state index contributed by atoms with van der Waals surface area (Å²) in [5, 5.41) is 9.47. The summed E-state index contributed by atoms with van der Waals surface area (Å²) in [6.45, 7) is 0. The highest BCUT2D eigenvalue weighted by Crippen LogP contribution is 2.38. The number of ether oxygens (including phenoxy) is 1. The van der Waals surface area contributed by atoms with Gasteiger partial charge in [-0.2, -0.15) is 26.3 Å². The van der Waals surface area contributed by atoms with E-state index in [0.717, 1.165) is 37.7 Å².